The van der Waals surface area contributed by atoms with E-state index in [9.17, 15) is 14.4 Å². The van der Waals surface area contributed by atoms with Crippen molar-refractivity contribution in [3.05, 3.63) is 60.6 Å². The summed E-state index contributed by atoms with van der Waals surface area (Å²) >= 11 is 0. The molecule has 0 unspecified atom stereocenters. The predicted molar refractivity (Wildman–Crippen MR) is 74.7 cm³/mol. The molecule has 2 aromatic rings. The van der Waals surface area contributed by atoms with Gasteiger partial charge in [-0.05, 0) is 30.3 Å². The van der Waals surface area contributed by atoms with E-state index in [0.29, 0.717) is 11.4 Å². The van der Waals surface area contributed by atoms with Gasteiger partial charge < -0.3 is 9.73 Å². The minimum absolute atomic E-state index is 0.176. The maximum absolute atomic E-state index is 11.9. The van der Waals surface area contributed by atoms with Crippen LogP contribution in [0.25, 0.3) is 0 Å². The Kier molecular flexibility index (Phi) is 3.12. The van der Waals surface area contributed by atoms with Crippen LogP contribution in [0.15, 0.2) is 59.2 Å². The van der Waals surface area contributed by atoms with Gasteiger partial charge in [-0.15, -0.1) is 0 Å². The molecule has 0 radical (unpaired) electrons. The fraction of sp³-hybridized carbons (Fsp3) is 0. The van der Waals surface area contributed by atoms with Gasteiger partial charge in [-0.3, -0.25) is 14.4 Å². The summed E-state index contributed by atoms with van der Waals surface area (Å²) in [5, 5.41) is 2.64. The molecule has 1 aliphatic heterocycles. The normalized spacial score (nSPS) is 13.8. The lowest BCUT2D eigenvalue weighted by atomic mass is 10.2. The molecule has 3 rings (SSSR count). The summed E-state index contributed by atoms with van der Waals surface area (Å²) in [6.07, 6.45) is 3.81. The van der Waals surface area contributed by atoms with Crippen molar-refractivity contribution in [2.45, 2.75) is 0 Å². The van der Waals surface area contributed by atoms with Crippen LogP contribution in [-0.2, 0) is 9.59 Å². The molecule has 0 bridgehead atoms. The number of nitrogens with zero attached hydrogens (tertiary/aromatic N) is 1. The fourth-order valence-electron chi connectivity index (χ4n) is 1.98. The van der Waals surface area contributed by atoms with E-state index in [0.717, 1.165) is 4.90 Å². The highest BCUT2D eigenvalue weighted by Gasteiger charge is 2.25. The number of imide groups is 1. The predicted octanol–water partition coefficient (Wildman–Crippen LogP) is 1.96. The lowest BCUT2D eigenvalue weighted by Gasteiger charge is -2.14. The largest absolute Gasteiger partial charge is 0.459 e. The SMILES string of the molecule is O=C(Nc1cccc(N2C(=O)C=CC2=O)c1)c1ccco1. The summed E-state index contributed by atoms with van der Waals surface area (Å²) in [4.78, 5) is 36.1. The minimum Gasteiger partial charge on any atom is -0.459 e. The molecule has 1 aromatic heterocycles. The molecule has 6 nitrogen and oxygen atoms in total. The summed E-state index contributed by atoms with van der Waals surface area (Å²) in [6, 6.07) is 9.61. The van der Waals surface area contributed by atoms with E-state index < -0.39 is 17.7 Å². The number of hydrogen-bond donors (Lipinski definition) is 1. The molecule has 21 heavy (non-hydrogen) atoms. The summed E-state index contributed by atoms with van der Waals surface area (Å²) in [7, 11) is 0. The van der Waals surface area contributed by atoms with E-state index in [1.807, 2.05) is 0 Å². The van der Waals surface area contributed by atoms with Crippen molar-refractivity contribution in [3.8, 4) is 0 Å². The first-order valence-corrected chi connectivity index (χ1v) is 6.16. The van der Waals surface area contributed by atoms with Crippen molar-refractivity contribution in [2.24, 2.45) is 0 Å². The van der Waals surface area contributed by atoms with Crippen molar-refractivity contribution >= 4 is 29.1 Å². The quantitative estimate of drug-likeness (QED) is 0.873. The molecule has 1 N–H and O–H groups in total. The highest BCUT2D eigenvalue weighted by molar-refractivity contribution is 6.28. The second-order valence-electron chi connectivity index (χ2n) is 4.33. The van der Waals surface area contributed by atoms with Crippen LogP contribution in [0.4, 0.5) is 11.4 Å². The third-order valence-corrected chi connectivity index (χ3v) is 2.92. The Morgan fingerprint density at radius 1 is 1.05 bits per heavy atom. The van der Waals surface area contributed by atoms with E-state index in [-0.39, 0.29) is 5.76 Å². The van der Waals surface area contributed by atoms with Gasteiger partial charge in [0.15, 0.2) is 5.76 Å². The molecule has 0 saturated heterocycles. The van der Waals surface area contributed by atoms with Crippen LogP contribution in [0.5, 0.6) is 0 Å². The minimum atomic E-state index is -0.408. The summed E-state index contributed by atoms with van der Waals surface area (Å²) < 4.78 is 4.99. The van der Waals surface area contributed by atoms with Crippen LogP contribution in [0.3, 0.4) is 0 Å². The number of amides is 3. The molecule has 1 aromatic carbocycles. The first kappa shape index (κ1) is 12.9. The number of benzene rings is 1. The van der Waals surface area contributed by atoms with Gasteiger partial charge in [0.25, 0.3) is 17.7 Å². The average molecular weight is 282 g/mol. The van der Waals surface area contributed by atoms with Gasteiger partial charge in [0.1, 0.15) is 0 Å². The number of carbonyl (C=O) groups is 3. The zero-order valence-corrected chi connectivity index (χ0v) is 10.8. The van der Waals surface area contributed by atoms with Gasteiger partial charge in [-0.2, -0.15) is 0 Å². The Morgan fingerprint density at radius 3 is 2.48 bits per heavy atom. The molecule has 6 heteroatoms. The zero-order chi connectivity index (χ0) is 14.8. The molecule has 0 aliphatic carbocycles. The highest BCUT2D eigenvalue weighted by atomic mass is 16.3. The zero-order valence-electron chi connectivity index (χ0n) is 10.8. The van der Waals surface area contributed by atoms with E-state index in [1.54, 1.807) is 30.3 Å². The smallest absolute Gasteiger partial charge is 0.291 e. The van der Waals surface area contributed by atoms with Crippen molar-refractivity contribution in [2.75, 3.05) is 10.2 Å². The number of nitrogens with one attached hydrogen (secondary N) is 1. The summed E-state index contributed by atoms with van der Waals surface area (Å²) in [5.74, 6) is -1.05. The van der Waals surface area contributed by atoms with Crippen molar-refractivity contribution in [3.63, 3.8) is 0 Å². The fourth-order valence-corrected chi connectivity index (χ4v) is 1.98. The molecule has 2 heterocycles. The molecule has 0 saturated carbocycles. The van der Waals surface area contributed by atoms with Gasteiger partial charge in [0.05, 0.1) is 12.0 Å². The number of anilines is 2. The number of furan rings is 1. The van der Waals surface area contributed by atoms with E-state index in [2.05, 4.69) is 5.32 Å². The van der Waals surface area contributed by atoms with Crippen molar-refractivity contribution in [1.29, 1.82) is 0 Å². The maximum Gasteiger partial charge on any atom is 0.291 e. The van der Waals surface area contributed by atoms with Crippen LogP contribution in [0.1, 0.15) is 10.6 Å². The second kappa shape index (κ2) is 5.09. The third-order valence-electron chi connectivity index (χ3n) is 2.92. The Hall–Kier alpha value is -3.15. The number of hydrogen-bond acceptors (Lipinski definition) is 4. The number of carbonyl (C=O) groups excluding carboxylic acids is 3. The average Bonchev–Trinajstić information content (AvgIpc) is 3.09. The van der Waals surface area contributed by atoms with Crippen LogP contribution < -0.4 is 10.2 Å². The molecular formula is C15H10N2O4. The van der Waals surface area contributed by atoms with Gasteiger partial charge in [0, 0.05) is 17.8 Å². The highest BCUT2D eigenvalue weighted by Crippen LogP contribution is 2.23. The molecule has 0 spiro atoms. The molecule has 0 atom stereocenters. The lowest BCUT2D eigenvalue weighted by molar-refractivity contribution is -0.119. The van der Waals surface area contributed by atoms with E-state index >= 15 is 0 Å². The molecule has 104 valence electrons. The first-order chi connectivity index (χ1) is 10.1. The Labute approximate surface area is 119 Å². The van der Waals surface area contributed by atoms with E-state index in [1.165, 1.54) is 24.5 Å². The Bertz CT molecular complexity index is 729. The molecular weight excluding hydrogens is 272 g/mol. The number of rotatable bonds is 3. The van der Waals surface area contributed by atoms with Crippen LogP contribution in [0, 0.1) is 0 Å². The second-order valence-corrected chi connectivity index (χ2v) is 4.33. The van der Waals surface area contributed by atoms with Crippen LogP contribution >= 0.6 is 0 Å². The first-order valence-electron chi connectivity index (χ1n) is 6.16. The summed E-state index contributed by atoms with van der Waals surface area (Å²) in [5.41, 5.74) is 0.855. The lowest BCUT2D eigenvalue weighted by Crippen LogP contribution is -2.29. The van der Waals surface area contributed by atoms with Crippen LogP contribution in [0.2, 0.25) is 0 Å². The van der Waals surface area contributed by atoms with Crippen molar-refractivity contribution < 1.29 is 18.8 Å². The van der Waals surface area contributed by atoms with E-state index in [4.69, 9.17) is 4.42 Å². The van der Waals surface area contributed by atoms with Gasteiger partial charge in [0.2, 0.25) is 0 Å². The van der Waals surface area contributed by atoms with Gasteiger partial charge in [-0.25, -0.2) is 4.90 Å². The molecule has 0 fully saturated rings. The van der Waals surface area contributed by atoms with Crippen LogP contribution in [-0.4, -0.2) is 17.7 Å². The topological polar surface area (TPSA) is 79.6 Å². The Morgan fingerprint density at radius 2 is 1.81 bits per heavy atom. The summed E-state index contributed by atoms with van der Waals surface area (Å²) in [6.45, 7) is 0. The van der Waals surface area contributed by atoms with Gasteiger partial charge in [-0.1, -0.05) is 6.07 Å². The Balaban J connectivity index is 1.82. The maximum atomic E-state index is 11.9. The standard InChI is InChI=1S/C15H10N2O4/c18-13-6-7-14(19)17(13)11-4-1-3-10(9-11)16-15(20)12-5-2-8-21-12/h1-9H,(H,16,20). The molecule has 3 amide bonds. The van der Waals surface area contributed by atoms with Crippen molar-refractivity contribution in [1.82, 2.24) is 0 Å². The third kappa shape index (κ3) is 2.46. The molecule has 1 aliphatic rings. The van der Waals surface area contributed by atoms with Gasteiger partial charge >= 0.3 is 0 Å². The monoisotopic (exact) mass is 282 g/mol.